The molecule has 1 aliphatic carbocycles. The van der Waals surface area contributed by atoms with Crippen molar-refractivity contribution in [3.63, 3.8) is 0 Å². The Kier molecular flexibility index (Phi) is 7.69. The summed E-state index contributed by atoms with van der Waals surface area (Å²) < 4.78 is 2.32. The summed E-state index contributed by atoms with van der Waals surface area (Å²) in [6, 6.07) is 7.86. The van der Waals surface area contributed by atoms with Gasteiger partial charge in [0.2, 0.25) is 11.8 Å². The summed E-state index contributed by atoms with van der Waals surface area (Å²) >= 11 is 1.65. The summed E-state index contributed by atoms with van der Waals surface area (Å²) in [5.74, 6) is 0.923. The molecule has 3 rings (SSSR count). The fourth-order valence-electron chi connectivity index (χ4n) is 3.78. The van der Waals surface area contributed by atoms with E-state index in [1.807, 2.05) is 30.5 Å². The number of carbonyl (C=O) groups is 2. The smallest absolute Gasteiger partial charge is 0.224 e. The molecule has 2 amide bonds. The van der Waals surface area contributed by atoms with Crippen molar-refractivity contribution in [1.82, 2.24) is 20.1 Å². The third-order valence-electron chi connectivity index (χ3n) is 5.15. The topological polar surface area (TPSA) is 88.9 Å². The van der Waals surface area contributed by atoms with Crippen LogP contribution in [-0.2, 0) is 22.4 Å². The highest BCUT2D eigenvalue weighted by atomic mass is 32.2. The van der Waals surface area contributed by atoms with Crippen LogP contribution in [0, 0.1) is 0 Å². The molecule has 1 aromatic heterocycles. The molecule has 156 valence electrons. The highest BCUT2D eigenvalue weighted by Crippen LogP contribution is 2.33. The zero-order valence-electron chi connectivity index (χ0n) is 17.1. The van der Waals surface area contributed by atoms with Gasteiger partial charge in [0.25, 0.3) is 0 Å². The van der Waals surface area contributed by atoms with Crippen molar-refractivity contribution in [1.29, 1.82) is 0 Å². The molecule has 0 radical (unpaired) electrons. The molecule has 0 atom stereocenters. The fraction of sp³-hybridized carbons (Fsp3) is 0.524. The van der Waals surface area contributed by atoms with Gasteiger partial charge < -0.3 is 15.2 Å². The van der Waals surface area contributed by atoms with Gasteiger partial charge in [-0.3, -0.25) is 9.59 Å². The Morgan fingerprint density at radius 3 is 2.55 bits per heavy atom. The summed E-state index contributed by atoms with van der Waals surface area (Å²) in [5.41, 5.74) is 1.65. The third kappa shape index (κ3) is 6.06. The summed E-state index contributed by atoms with van der Waals surface area (Å²) in [5, 5.41) is 15.4. The number of thioether (sulfide) groups is 1. The van der Waals surface area contributed by atoms with Crippen LogP contribution in [0.5, 0.6) is 0 Å². The molecule has 0 saturated heterocycles. The standard InChI is InChI=1S/C21H29N5O2S/c1-15(27)23-17-11-9-16(10-12-17)14-20(28)22-13-5-8-19-24-25-21(29-2)26(19)18-6-3-4-7-18/h9-12,18H,3-8,13-14H2,1-2H3,(H,22,28)(H,23,27). The monoisotopic (exact) mass is 415 g/mol. The van der Waals surface area contributed by atoms with Gasteiger partial charge in [-0.25, -0.2) is 0 Å². The number of hydrogen-bond acceptors (Lipinski definition) is 5. The SMILES string of the molecule is CSc1nnc(CCCNC(=O)Cc2ccc(NC(C)=O)cc2)n1C1CCCC1. The molecule has 1 aromatic carbocycles. The van der Waals surface area contributed by atoms with Gasteiger partial charge in [-0.2, -0.15) is 0 Å². The molecule has 2 aromatic rings. The van der Waals surface area contributed by atoms with Crippen molar-refractivity contribution >= 4 is 29.3 Å². The minimum Gasteiger partial charge on any atom is -0.356 e. The Bertz CT molecular complexity index is 828. The van der Waals surface area contributed by atoms with Crippen LogP contribution >= 0.6 is 11.8 Å². The number of nitrogens with one attached hydrogen (secondary N) is 2. The normalized spacial score (nSPS) is 14.1. The van der Waals surface area contributed by atoms with E-state index in [1.165, 1.54) is 32.6 Å². The van der Waals surface area contributed by atoms with E-state index in [2.05, 4.69) is 25.4 Å². The molecule has 7 nitrogen and oxygen atoms in total. The predicted molar refractivity (Wildman–Crippen MR) is 115 cm³/mol. The first-order valence-electron chi connectivity index (χ1n) is 10.2. The second kappa shape index (κ2) is 10.4. The molecular weight excluding hydrogens is 386 g/mol. The van der Waals surface area contributed by atoms with Crippen molar-refractivity contribution in [3.8, 4) is 0 Å². The van der Waals surface area contributed by atoms with Gasteiger partial charge in [-0.15, -0.1) is 10.2 Å². The molecule has 8 heteroatoms. The van der Waals surface area contributed by atoms with E-state index in [4.69, 9.17) is 0 Å². The average molecular weight is 416 g/mol. The van der Waals surface area contributed by atoms with Crippen LogP contribution in [0.15, 0.2) is 29.4 Å². The van der Waals surface area contributed by atoms with Crippen molar-refractivity contribution in [2.45, 2.75) is 63.1 Å². The van der Waals surface area contributed by atoms with E-state index in [1.54, 1.807) is 11.8 Å². The quantitative estimate of drug-likeness (QED) is 0.484. The van der Waals surface area contributed by atoms with E-state index in [0.717, 1.165) is 35.1 Å². The van der Waals surface area contributed by atoms with Crippen molar-refractivity contribution < 1.29 is 9.59 Å². The summed E-state index contributed by atoms with van der Waals surface area (Å²) in [6.07, 6.45) is 8.99. The molecule has 1 heterocycles. The maximum atomic E-state index is 12.2. The molecule has 2 N–H and O–H groups in total. The first-order chi connectivity index (χ1) is 14.1. The Labute approximate surface area is 176 Å². The van der Waals surface area contributed by atoms with Gasteiger partial charge in [0.1, 0.15) is 5.82 Å². The molecule has 1 fully saturated rings. The Balaban J connectivity index is 1.44. The largest absolute Gasteiger partial charge is 0.356 e. The Morgan fingerprint density at radius 1 is 1.17 bits per heavy atom. The lowest BCUT2D eigenvalue weighted by Gasteiger charge is -2.16. The number of rotatable bonds is 9. The van der Waals surface area contributed by atoms with E-state index < -0.39 is 0 Å². The number of nitrogens with zero attached hydrogens (tertiary/aromatic N) is 3. The van der Waals surface area contributed by atoms with Crippen LogP contribution in [0.3, 0.4) is 0 Å². The van der Waals surface area contributed by atoms with Crippen LogP contribution < -0.4 is 10.6 Å². The Morgan fingerprint density at radius 2 is 1.90 bits per heavy atom. The fourth-order valence-corrected chi connectivity index (χ4v) is 4.35. The van der Waals surface area contributed by atoms with Crippen LogP contribution in [0.4, 0.5) is 5.69 Å². The minimum atomic E-state index is -0.107. The summed E-state index contributed by atoms with van der Waals surface area (Å²) in [7, 11) is 0. The highest BCUT2D eigenvalue weighted by Gasteiger charge is 2.23. The van der Waals surface area contributed by atoms with Crippen LogP contribution in [-0.4, -0.2) is 39.4 Å². The zero-order chi connectivity index (χ0) is 20.6. The predicted octanol–water partition coefficient (Wildman–Crippen LogP) is 3.37. The highest BCUT2D eigenvalue weighted by molar-refractivity contribution is 7.98. The van der Waals surface area contributed by atoms with Crippen molar-refractivity contribution in [2.75, 3.05) is 18.1 Å². The number of carbonyl (C=O) groups excluding carboxylic acids is 2. The first kappa shape index (κ1) is 21.4. The third-order valence-corrected chi connectivity index (χ3v) is 5.79. The Hall–Kier alpha value is -2.35. The molecule has 0 unspecified atom stereocenters. The first-order valence-corrected chi connectivity index (χ1v) is 11.4. The number of anilines is 1. The molecule has 0 aliphatic heterocycles. The number of aromatic nitrogens is 3. The van der Waals surface area contributed by atoms with Crippen LogP contribution in [0.2, 0.25) is 0 Å². The minimum absolute atomic E-state index is 0.000611. The van der Waals surface area contributed by atoms with Crippen molar-refractivity contribution in [3.05, 3.63) is 35.7 Å². The number of benzene rings is 1. The lowest BCUT2D eigenvalue weighted by molar-refractivity contribution is -0.120. The van der Waals surface area contributed by atoms with E-state index in [0.29, 0.717) is 19.0 Å². The number of amides is 2. The van der Waals surface area contributed by atoms with E-state index in [9.17, 15) is 9.59 Å². The maximum absolute atomic E-state index is 12.2. The van der Waals surface area contributed by atoms with Gasteiger partial charge in [0.05, 0.1) is 6.42 Å². The van der Waals surface area contributed by atoms with E-state index >= 15 is 0 Å². The van der Waals surface area contributed by atoms with Gasteiger partial charge in [-0.05, 0) is 43.2 Å². The number of hydrogen-bond donors (Lipinski definition) is 2. The molecule has 0 bridgehead atoms. The molecule has 29 heavy (non-hydrogen) atoms. The maximum Gasteiger partial charge on any atom is 0.224 e. The molecule has 1 saturated carbocycles. The van der Waals surface area contributed by atoms with Crippen LogP contribution in [0.25, 0.3) is 0 Å². The molecular formula is C21H29N5O2S. The summed E-state index contributed by atoms with van der Waals surface area (Å²) in [6.45, 7) is 2.09. The van der Waals surface area contributed by atoms with Crippen LogP contribution in [0.1, 0.15) is 56.5 Å². The summed E-state index contributed by atoms with van der Waals surface area (Å²) in [4.78, 5) is 23.2. The van der Waals surface area contributed by atoms with Gasteiger partial charge >= 0.3 is 0 Å². The second-order valence-corrected chi connectivity index (χ2v) is 8.19. The van der Waals surface area contributed by atoms with Gasteiger partial charge in [0.15, 0.2) is 5.16 Å². The van der Waals surface area contributed by atoms with E-state index in [-0.39, 0.29) is 11.8 Å². The second-order valence-electron chi connectivity index (χ2n) is 7.42. The molecule has 0 spiro atoms. The lowest BCUT2D eigenvalue weighted by Crippen LogP contribution is -2.26. The van der Waals surface area contributed by atoms with Gasteiger partial charge in [0, 0.05) is 31.6 Å². The lowest BCUT2D eigenvalue weighted by atomic mass is 10.1. The average Bonchev–Trinajstić information content (AvgIpc) is 3.35. The van der Waals surface area contributed by atoms with Crippen molar-refractivity contribution in [2.24, 2.45) is 0 Å². The molecule has 1 aliphatic rings. The zero-order valence-corrected chi connectivity index (χ0v) is 17.9. The van der Waals surface area contributed by atoms with Gasteiger partial charge in [-0.1, -0.05) is 36.7 Å². The number of aryl methyl sites for hydroxylation is 1.